The Balaban J connectivity index is 1.86. The predicted octanol–water partition coefficient (Wildman–Crippen LogP) is 3.77. The molecule has 24 heavy (non-hydrogen) atoms. The highest BCUT2D eigenvalue weighted by atomic mass is 35.5. The molecule has 0 radical (unpaired) electrons. The molecule has 0 aliphatic heterocycles. The zero-order valence-electron chi connectivity index (χ0n) is 13.3. The van der Waals surface area contributed by atoms with Crippen molar-refractivity contribution in [1.82, 2.24) is 14.8 Å². The molecule has 6 nitrogen and oxygen atoms in total. The molecule has 0 aliphatic carbocycles. The lowest BCUT2D eigenvalue weighted by Crippen LogP contribution is -2.13. The maximum atomic E-state index is 12.5. The Bertz CT molecular complexity index is 903. The van der Waals surface area contributed by atoms with Gasteiger partial charge in [-0.25, -0.2) is 9.67 Å². The first-order chi connectivity index (χ1) is 11.5. The maximum absolute atomic E-state index is 12.5. The van der Waals surface area contributed by atoms with Gasteiger partial charge in [-0.15, -0.1) is 11.3 Å². The highest BCUT2D eigenvalue weighted by Gasteiger charge is 2.19. The van der Waals surface area contributed by atoms with Crippen LogP contribution in [0.2, 0.25) is 5.02 Å². The van der Waals surface area contributed by atoms with Crippen molar-refractivity contribution >= 4 is 34.5 Å². The van der Waals surface area contributed by atoms with Gasteiger partial charge >= 0.3 is 0 Å². The summed E-state index contributed by atoms with van der Waals surface area (Å²) in [5.41, 5.74) is 2.33. The number of anilines is 1. The van der Waals surface area contributed by atoms with E-state index in [1.54, 1.807) is 30.1 Å². The zero-order valence-corrected chi connectivity index (χ0v) is 14.9. The first kappa shape index (κ1) is 16.5. The third-order valence-corrected chi connectivity index (χ3v) is 4.65. The lowest BCUT2D eigenvalue weighted by Gasteiger charge is -2.05. The minimum absolute atomic E-state index is 0.320. The molecular formula is C16H15ClN4O2S. The van der Waals surface area contributed by atoms with Gasteiger partial charge in [0.1, 0.15) is 16.4 Å². The van der Waals surface area contributed by atoms with E-state index in [9.17, 15) is 4.79 Å². The number of hydrogen-bond donors (Lipinski definition) is 1. The number of aromatic nitrogens is 3. The van der Waals surface area contributed by atoms with Crippen LogP contribution in [-0.2, 0) is 7.05 Å². The first-order valence-corrected chi connectivity index (χ1v) is 8.36. The van der Waals surface area contributed by atoms with Crippen LogP contribution in [0.3, 0.4) is 0 Å². The highest BCUT2D eigenvalue weighted by molar-refractivity contribution is 7.13. The van der Waals surface area contributed by atoms with Gasteiger partial charge in [0.25, 0.3) is 5.91 Å². The summed E-state index contributed by atoms with van der Waals surface area (Å²) in [6.07, 6.45) is 0. The number of halogens is 1. The van der Waals surface area contributed by atoms with E-state index < -0.39 is 0 Å². The van der Waals surface area contributed by atoms with Crippen molar-refractivity contribution in [2.45, 2.75) is 6.92 Å². The maximum Gasteiger partial charge on any atom is 0.275 e. The molecule has 0 bridgehead atoms. The standard InChI is InChI=1S/C16H15ClN4O2S/c1-9-13(16(23-3)21(2)20-9)19-14(22)12-8-24-15(18-12)10-6-4-5-7-11(10)17/h4-8H,1-3H3,(H,19,22). The van der Waals surface area contributed by atoms with Crippen LogP contribution in [0.5, 0.6) is 5.88 Å². The fraction of sp³-hybridized carbons (Fsp3) is 0.188. The van der Waals surface area contributed by atoms with Crippen LogP contribution >= 0.6 is 22.9 Å². The predicted molar refractivity (Wildman–Crippen MR) is 95.0 cm³/mol. The first-order valence-electron chi connectivity index (χ1n) is 7.10. The van der Waals surface area contributed by atoms with Crippen molar-refractivity contribution in [3.8, 4) is 16.5 Å². The molecule has 2 aromatic heterocycles. The fourth-order valence-corrected chi connectivity index (χ4v) is 3.45. The van der Waals surface area contributed by atoms with Crippen molar-refractivity contribution in [2.24, 2.45) is 7.05 Å². The molecule has 3 aromatic rings. The molecule has 1 N–H and O–H groups in total. The van der Waals surface area contributed by atoms with Crippen molar-refractivity contribution in [3.63, 3.8) is 0 Å². The monoisotopic (exact) mass is 362 g/mol. The summed E-state index contributed by atoms with van der Waals surface area (Å²) in [4.78, 5) is 16.9. The van der Waals surface area contributed by atoms with Gasteiger partial charge in [0.2, 0.25) is 5.88 Å². The normalized spacial score (nSPS) is 10.7. The van der Waals surface area contributed by atoms with Crippen molar-refractivity contribution < 1.29 is 9.53 Å². The van der Waals surface area contributed by atoms with Crippen molar-refractivity contribution in [1.29, 1.82) is 0 Å². The van der Waals surface area contributed by atoms with E-state index in [2.05, 4.69) is 15.4 Å². The molecule has 1 amide bonds. The van der Waals surface area contributed by atoms with Gasteiger partial charge in [-0.2, -0.15) is 5.10 Å². The second kappa shape index (κ2) is 6.62. The number of rotatable bonds is 4. The van der Waals surface area contributed by atoms with Crippen molar-refractivity contribution in [3.05, 3.63) is 46.1 Å². The van der Waals surface area contributed by atoms with Gasteiger partial charge in [-0.1, -0.05) is 29.8 Å². The van der Waals surface area contributed by atoms with E-state index in [1.807, 2.05) is 18.2 Å². The van der Waals surface area contributed by atoms with Gasteiger partial charge in [-0.05, 0) is 13.0 Å². The molecule has 0 saturated heterocycles. The number of ether oxygens (including phenoxy) is 1. The Morgan fingerprint density at radius 1 is 1.38 bits per heavy atom. The van der Waals surface area contributed by atoms with Crippen LogP contribution in [0.25, 0.3) is 10.6 Å². The number of thiazole rings is 1. The number of aryl methyl sites for hydroxylation is 2. The zero-order chi connectivity index (χ0) is 17.3. The van der Waals surface area contributed by atoms with Crippen LogP contribution in [0.1, 0.15) is 16.2 Å². The van der Waals surface area contributed by atoms with E-state index >= 15 is 0 Å². The number of methoxy groups -OCH3 is 1. The second-order valence-corrected chi connectivity index (χ2v) is 6.33. The SMILES string of the molecule is COc1c(NC(=O)c2csc(-c3ccccc3Cl)n2)c(C)nn1C. The van der Waals surface area contributed by atoms with Crippen LogP contribution in [-0.4, -0.2) is 27.8 Å². The van der Waals surface area contributed by atoms with Gasteiger partial charge in [0.05, 0.1) is 17.8 Å². The molecular weight excluding hydrogens is 348 g/mol. The summed E-state index contributed by atoms with van der Waals surface area (Å²) in [6.45, 7) is 1.80. The van der Waals surface area contributed by atoms with E-state index in [0.717, 1.165) is 5.56 Å². The third-order valence-electron chi connectivity index (χ3n) is 3.44. The summed E-state index contributed by atoms with van der Waals surface area (Å²) in [7, 11) is 3.28. The van der Waals surface area contributed by atoms with E-state index in [-0.39, 0.29) is 5.91 Å². The highest BCUT2D eigenvalue weighted by Crippen LogP contribution is 2.31. The Morgan fingerprint density at radius 2 is 2.12 bits per heavy atom. The van der Waals surface area contributed by atoms with Gasteiger partial charge in [0, 0.05) is 18.0 Å². The lowest BCUT2D eigenvalue weighted by atomic mass is 10.2. The smallest absolute Gasteiger partial charge is 0.275 e. The number of amides is 1. The third kappa shape index (κ3) is 3.00. The van der Waals surface area contributed by atoms with E-state index in [1.165, 1.54) is 18.4 Å². The molecule has 1 aromatic carbocycles. The molecule has 2 heterocycles. The summed E-state index contributed by atoms with van der Waals surface area (Å²) < 4.78 is 6.85. The largest absolute Gasteiger partial charge is 0.480 e. The number of carbonyl (C=O) groups is 1. The summed E-state index contributed by atoms with van der Waals surface area (Å²) in [5, 5.41) is 10.0. The quantitative estimate of drug-likeness (QED) is 0.767. The van der Waals surface area contributed by atoms with Gasteiger partial charge in [-0.3, -0.25) is 4.79 Å². The minimum atomic E-state index is -0.320. The Kier molecular flexibility index (Phi) is 4.55. The molecule has 0 unspecified atom stereocenters. The topological polar surface area (TPSA) is 69.0 Å². The molecule has 0 aliphatic rings. The number of nitrogens with one attached hydrogen (secondary N) is 1. The molecule has 8 heteroatoms. The molecule has 0 saturated carbocycles. The van der Waals surface area contributed by atoms with Gasteiger partial charge in [0.15, 0.2) is 0 Å². The minimum Gasteiger partial charge on any atom is -0.480 e. The molecule has 124 valence electrons. The molecule has 3 rings (SSSR count). The van der Waals surface area contributed by atoms with E-state index in [0.29, 0.717) is 33.0 Å². The van der Waals surface area contributed by atoms with Crippen molar-refractivity contribution in [2.75, 3.05) is 12.4 Å². The average Bonchev–Trinajstić information content (AvgIpc) is 3.13. The Labute approximate surface area is 148 Å². The van der Waals surface area contributed by atoms with Crippen LogP contribution in [0, 0.1) is 6.92 Å². The van der Waals surface area contributed by atoms with Crippen LogP contribution in [0.15, 0.2) is 29.6 Å². The van der Waals surface area contributed by atoms with Crippen LogP contribution < -0.4 is 10.1 Å². The summed E-state index contributed by atoms with van der Waals surface area (Å²) in [6, 6.07) is 7.40. The molecule has 0 atom stereocenters. The number of benzene rings is 1. The second-order valence-electron chi connectivity index (χ2n) is 5.07. The van der Waals surface area contributed by atoms with Crippen LogP contribution in [0.4, 0.5) is 5.69 Å². The Hall–Kier alpha value is -2.38. The summed E-state index contributed by atoms with van der Waals surface area (Å²) in [5.74, 6) is 0.168. The fourth-order valence-electron chi connectivity index (χ4n) is 2.33. The number of hydrogen-bond acceptors (Lipinski definition) is 5. The van der Waals surface area contributed by atoms with Gasteiger partial charge < -0.3 is 10.1 Å². The summed E-state index contributed by atoms with van der Waals surface area (Å²) >= 11 is 7.55. The lowest BCUT2D eigenvalue weighted by molar-refractivity contribution is 0.102. The molecule has 0 fully saturated rings. The number of nitrogens with zero attached hydrogens (tertiary/aromatic N) is 3. The Morgan fingerprint density at radius 3 is 2.83 bits per heavy atom. The van der Waals surface area contributed by atoms with E-state index in [4.69, 9.17) is 16.3 Å². The number of carbonyl (C=O) groups excluding carboxylic acids is 1. The average molecular weight is 363 g/mol. The molecule has 0 spiro atoms.